The summed E-state index contributed by atoms with van der Waals surface area (Å²) in [4.78, 5) is 12.0. The SMILES string of the molecule is Cc1cccc(NC(=O)CCS(=O)(=O)N2CCNCC2)c1C. The quantitative estimate of drug-likeness (QED) is 0.842. The number of amides is 1. The van der Waals surface area contributed by atoms with Crippen LogP contribution in [0.25, 0.3) is 0 Å². The summed E-state index contributed by atoms with van der Waals surface area (Å²) in [5.41, 5.74) is 2.83. The van der Waals surface area contributed by atoms with Gasteiger partial charge in [-0.2, -0.15) is 4.31 Å². The molecule has 2 rings (SSSR count). The second-order valence-electron chi connectivity index (χ2n) is 5.51. The summed E-state index contributed by atoms with van der Waals surface area (Å²) in [6.45, 7) is 6.17. The van der Waals surface area contributed by atoms with Crippen LogP contribution in [0.2, 0.25) is 0 Å². The average molecular weight is 325 g/mol. The van der Waals surface area contributed by atoms with Crippen molar-refractivity contribution in [1.82, 2.24) is 9.62 Å². The van der Waals surface area contributed by atoms with E-state index in [1.54, 1.807) is 0 Å². The first kappa shape index (κ1) is 16.9. The lowest BCUT2D eigenvalue weighted by Gasteiger charge is -2.26. The minimum atomic E-state index is -3.36. The van der Waals surface area contributed by atoms with Gasteiger partial charge in [0.2, 0.25) is 15.9 Å². The zero-order valence-corrected chi connectivity index (χ0v) is 13.9. The minimum Gasteiger partial charge on any atom is -0.326 e. The fraction of sp³-hybridized carbons (Fsp3) is 0.533. The monoisotopic (exact) mass is 325 g/mol. The summed E-state index contributed by atoms with van der Waals surface area (Å²) in [6.07, 6.45) is -0.0281. The highest BCUT2D eigenvalue weighted by atomic mass is 32.2. The molecule has 7 heteroatoms. The van der Waals surface area contributed by atoms with E-state index in [0.29, 0.717) is 26.2 Å². The van der Waals surface area contributed by atoms with Crippen molar-refractivity contribution in [3.63, 3.8) is 0 Å². The van der Waals surface area contributed by atoms with Crippen LogP contribution in [-0.4, -0.2) is 50.6 Å². The standard InChI is InChI=1S/C15H23N3O3S/c1-12-4-3-5-14(13(12)2)17-15(19)6-11-22(20,21)18-9-7-16-8-10-18/h3-5,16H,6-11H2,1-2H3,(H,17,19). The van der Waals surface area contributed by atoms with E-state index in [4.69, 9.17) is 0 Å². The molecule has 0 radical (unpaired) electrons. The Kier molecular flexibility index (Phi) is 5.55. The van der Waals surface area contributed by atoms with Gasteiger partial charge in [0.15, 0.2) is 0 Å². The third-order valence-electron chi connectivity index (χ3n) is 3.94. The number of carbonyl (C=O) groups excluding carboxylic acids is 1. The number of nitrogens with one attached hydrogen (secondary N) is 2. The molecule has 0 bridgehead atoms. The predicted octanol–water partition coefficient (Wildman–Crippen LogP) is 0.867. The molecule has 0 aliphatic carbocycles. The lowest BCUT2D eigenvalue weighted by molar-refractivity contribution is -0.115. The number of carbonyl (C=O) groups is 1. The van der Waals surface area contributed by atoms with Crippen LogP contribution in [0.5, 0.6) is 0 Å². The van der Waals surface area contributed by atoms with Crippen LogP contribution in [0.15, 0.2) is 18.2 Å². The Morgan fingerprint density at radius 3 is 2.64 bits per heavy atom. The number of benzene rings is 1. The maximum Gasteiger partial charge on any atom is 0.225 e. The van der Waals surface area contributed by atoms with E-state index >= 15 is 0 Å². The third-order valence-corrected chi connectivity index (χ3v) is 5.81. The molecule has 0 saturated carbocycles. The molecule has 122 valence electrons. The second-order valence-corrected chi connectivity index (χ2v) is 7.60. The Morgan fingerprint density at radius 2 is 1.95 bits per heavy atom. The van der Waals surface area contributed by atoms with Crippen LogP contribution >= 0.6 is 0 Å². The number of rotatable bonds is 5. The highest BCUT2D eigenvalue weighted by molar-refractivity contribution is 7.89. The number of anilines is 1. The van der Waals surface area contributed by atoms with Gasteiger partial charge in [-0.3, -0.25) is 4.79 Å². The normalized spacial score (nSPS) is 16.5. The van der Waals surface area contributed by atoms with Crippen LogP contribution in [0.3, 0.4) is 0 Å². The van der Waals surface area contributed by atoms with Crippen LogP contribution in [0.1, 0.15) is 17.5 Å². The Morgan fingerprint density at radius 1 is 1.27 bits per heavy atom. The van der Waals surface area contributed by atoms with E-state index in [0.717, 1.165) is 16.8 Å². The van der Waals surface area contributed by atoms with E-state index in [9.17, 15) is 13.2 Å². The maximum absolute atomic E-state index is 12.2. The molecule has 1 aliphatic rings. The molecule has 1 amide bonds. The van der Waals surface area contributed by atoms with Gasteiger partial charge in [0.1, 0.15) is 0 Å². The molecular weight excluding hydrogens is 302 g/mol. The van der Waals surface area contributed by atoms with E-state index in [2.05, 4.69) is 10.6 Å². The number of piperazine rings is 1. The van der Waals surface area contributed by atoms with Crippen molar-refractivity contribution < 1.29 is 13.2 Å². The van der Waals surface area contributed by atoms with Gasteiger partial charge in [-0.15, -0.1) is 0 Å². The number of nitrogens with zero attached hydrogens (tertiary/aromatic N) is 1. The Hall–Kier alpha value is -1.44. The molecule has 1 heterocycles. The molecule has 1 aliphatic heterocycles. The highest BCUT2D eigenvalue weighted by Gasteiger charge is 2.24. The highest BCUT2D eigenvalue weighted by Crippen LogP contribution is 2.18. The minimum absolute atomic E-state index is 0.0281. The van der Waals surface area contributed by atoms with Gasteiger partial charge in [0.25, 0.3) is 0 Å². The molecule has 1 aromatic carbocycles. The van der Waals surface area contributed by atoms with Crippen LogP contribution in [0.4, 0.5) is 5.69 Å². The van der Waals surface area contributed by atoms with Gasteiger partial charge < -0.3 is 10.6 Å². The molecule has 0 unspecified atom stereocenters. The summed E-state index contributed by atoms with van der Waals surface area (Å²) in [7, 11) is -3.36. The second kappa shape index (κ2) is 7.21. The summed E-state index contributed by atoms with van der Waals surface area (Å²) in [5.74, 6) is -0.420. The topological polar surface area (TPSA) is 78.5 Å². The summed E-state index contributed by atoms with van der Waals surface area (Å²) in [6, 6.07) is 5.67. The molecule has 1 saturated heterocycles. The summed E-state index contributed by atoms with van der Waals surface area (Å²) >= 11 is 0. The first-order valence-electron chi connectivity index (χ1n) is 7.45. The van der Waals surface area contributed by atoms with Crippen molar-refractivity contribution >= 4 is 21.6 Å². The summed E-state index contributed by atoms with van der Waals surface area (Å²) in [5, 5.41) is 5.90. The molecule has 2 N–H and O–H groups in total. The number of hydrogen-bond donors (Lipinski definition) is 2. The van der Waals surface area contributed by atoms with Gasteiger partial charge in [0.05, 0.1) is 5.75 Å². The van der Waals surface area contributed by atoms with Crippen molar-refractivity contribution in [2.45, 2.75) is 20.3 Å². The van der Waals surface area contributed by atoms with Crippen molar-refractivity contribution in [1.29, 1.82) is 0 Å². The van der Waals surface area contributed by atoms with Crippen LogP contribution < -0.4 is 10.6 Å². The predicted molar refractivity (Wildman–Crippen MR) is 87.4 cm³/mol. The molecule has 22 heavy (non-hydrogen) atoms. The fourth-order valence-corrected chi connectivity index (χ4v) is 3.81. The molecule has 0 atom stereocenters. The zero-order chi connectivity index (χ0) is 16.2. The van der Waals surface area contributed by atoms with Crippen molar-refractivity contribution in [3.8, 4) is 0 Å². The van der Waals surface area contributed by atoms with Crippen LogP contribution in [0, 0.1) is 13.8 Å². The van der Waals surface area contributed by atoms with E-state index in [1.807, 2.05) is 32.0 Å². The lowest BCUT2D eigenvalue weighted by atomic mass is 10.1. The van der Waals surface area contributed by atoms with E-state index < -0.39 is 10.0 Å². The third kappa shape index (κ3) is 4.28. The Labute approximate surface area is 131 Å². The molecular formula is C15H23N3O3S. The van der Waals surface area contributed by atoms with Gasteiger partial charge in [-0.1, -0.05) is 12.1 Å². The Balaban J connectivity index is 1.91. The number of aryl methyl sites for hydroxylation is 1. The van der Waals surface area contributed by atoms with E-state index in [-0.39, 0.29) is 18.1 Å². The lowest BCUT2D eigenvalue weighted by Crippen LogP contribution is -2.47. The zero-order valence-electron chi connectivity index (χ0n) is 13.1. The first-order chi connectivity index (χ1) is 10.4. The van der Waals surface area contributed by atoms with Gasteiger partial charge in [-0.25, -0.2) is 8.42 Å². The van der Waals surface area contributed by atoms with Gasteiger partial charge >= 0.3 is 0 Å². The average Bonchev–Trinajstić information content (AvgIpc) is 2.51. The van der Waals surface area contributed by atoms with Crippen molar-refractivity contribution in [3.05, 3.63) is 29.3 Å². The number of hydrogen-bond acceptors (Lipinski definition) is 4. The molecule has 1 aromatic rings. The smallest absolute Gasteiger partial charge is 0.225 e. The number of sulfonamides is 1. The van der Waals surface area contributed by atoms with Gasteiger partial charge in [0, 0.05) is 38.3 Å². The fourth-order valence-electron chi connectivity index (χ4n) is 2.37. The first-order valence-corrected chi connectivity index (χ1v) is 9.06. The molecule has 0 aromatic heterocycles. The molecule has 0 spiro atoms. The Bertz CT molecular complexity index is 637. The van der Waals surface area contributed by atoms with Crippen molar-refractivity contribution in [2.24, 2.45) is 0 Å². The van der Waals surface area contributed by atoms with Crippen LogP contribution in [-0.2, 0) is 14.8 Å². The summed E-state index contributed by atoms with van der Waals surface area (Å²) < 4.78 is 25.8. The largest absolute Gasteiger partial charge is 0.326 e. The van der Waals surface area contributed by atoms with Crippen molar-refractivity contribution in [2.75, 3.05) is 37.2 Å². The maximum atomic E-state index is 12.2. The molecule has 1 fully saturated rings. The van der Waals surface area contributed by atoms with E-state index in [1.165, 1.54) is 4.31 Å². The van der Waals surface area contributed by atoms with Gasteiger partial charge in [-0.05, 0) is 31.0 Å². The molecule has 6 nitrogen and oxygen atoms in total.